The van der Waals surface area contributed by atoms with Gasteiger partial charge in [-0.2, -0.15) is 0 Å². The lowest BCUT2D eigenvalue weighted by molar-refractivity contribution is -0.126. The summed E-state index contributed by atoms with van der Waals surface area (Å²) in [6, 6.07) is 24.8. The molecule has 3 aromatic heterocycles. The van der Waals surface area contributed by atoms with Crippen molar-refractivity contribution in [1.82, 2.24) is 35.3 Å². The number of piperazine rings is 2. The summed E-state index contributed by atoms with van der Waals surface area (Å²) in [5.41, 5.74) is 3.41. The molecule has 12 rings (SSSR count). The van der Waals surface area contributed by atoms with Crippen molar-refractivity contribution in [2.24, 2.45) is 17.8 Å². The second-order valence-electron chi connectivity index (χ2n) is 25.1. The maximum absolute atomic E-state index is 12.9. The first-order chi connectivity index (χ1) is 39.9. The normalized spacial score (nSPS) is 25.9. The number of hydrogen-bond acceptors (Lipinski definition) is 13. The van der Waals surface area contributed by atoms with Gasteiger partial charge in [0.05, 0.1) is 26.4 Å². The van der Waals surface area contributed by atoms with Crippen LogP contribution in [0.2, 0.25) is 0 Å². The van der Waals surface area contributed by atoms with Crippen molar-refractivity contribution < 1.29 is 23.5 Å². The first-order valence-electron chi connectivity index (χ1n) is 32.1. The summed E-state index contributed by atoms with van der Waals surface area (Å²) in [7, 11) is 0. The number of benzene rings is 1. The van der Waals surface area contributed by atoms with Gasteiger partial charge in [0.25, 0.3) is 0 Å². The summed E-state index contributed by atoms with van der Waals surface area (Å²) in [6.07, 6.45) is 20.9. The van der Waals surface area contributed by atoms with Crippen LogP contribution in [0, 0.1) is 17.8 Å². The number of anilines is 4. The van der Waals surface area contributed by atoms with Crippen LogP contribution in [-0.2, 0) is 14.3 Å². The number of rotatable bonds is 16. The van der Waals surface area contributed by atoms with E-state index in [-0.39, 0.29) is 18.1 Å². The summed E-state index contributed by atoms with van der Waals surface area (Å²) < 4.78 is 19.1. The van der Waals surface area contributed by atoms with Gasteiger partial charge < -0.3 is 49.0 Å². The van der Waals surface area contributed by atoms with Crippen LogP contribution in [0.4, 0.5) is 28.1 Å². The van der Waals surface area contributed by atoms with Gasteiger partial charge >= 0.3 is 6.03 Å². The Morgan fingerprint density at radius 1 is 0.494 bits per heavy atom. The number of pyridine rings is 2. The molecule has 0 spiro atoms. The van der Waals surface area contributed by atoms with Crippen LogP contribution in [-0.4, -0.2) is 173 Å². The molecule has 16 heteroatoms. The topological polar surface area (TPSA) is 138 Å². The van der Waals surface area contributed by atoms with E-state index in [1.54, 1.807) is 0 Å². The molecule has 5 saturated heterocycles. The summed E-state index contributed by atoms with van der Waals surface area (Å²) in [5.74, 6) is 7.72. The molecule has 1 atom stereocenters. The summed E-state index contributed by atoms with van der Waals surface area (Å²) >= 11 is 0. The molecule has 5 aliphatic heterocycles. The highest BCUT2D eigenvalue weighted by Crippen LogP contribution is 2.37. The minimum Gasteiger partial charge on any atom is -0.458 e. The third-order valence-electron chi connectivity index (χ3n) is 19.7. The van der Waals surface area contributed by atoms with Gasteiger partial charge in [-0.25, -0.2) is 14.8 Å². The molecule has 1 unspecified atom stereocenters. The molecule has 3 amide bonds. The molecule has 4 aromatic rings. The lowest BCUT2D eigenvalue weighted by Crippen LogP contribution is -2.48. The number of carbonyl (C=O) groups excluding carboxylic acids is 2. The number of morpholine rings is 2. The van der Waals surface area contributed by atoms with Crippen LogP contribution in [0.3, 0.4) is 0 Å². The van der Waals surface area contributed by atoms with Crippen LogP contribution in [0.15, 0.2) is 71.1 Å². The third kappa shape index (κ3) is 14.7. The summed E-state index contributed by atoms with van der Waals surface area (Å²) in [6.45, 7) is 17.0. The largest absolute Gasteiger partial charge is 0.458 e. The molecular formula is C65H93N11O5. The molecule has 8 aliphatic rings. The minimum absolute atomic E-state index is 0.158. The Morgan fingerprint density at radius 3 is 1.63 bits per heavy atom. The number of aromatic nitrogens is 2. The van der Waals surface area contributed by atoms with Crippen molar-refractivity contribution in [2.45, 2.75) is 134 Å². The van der Waals surface area contributed by atoms with Gasteiger partial charge in [-0.05, 0) is 169 Å². The van der Waals surface area contributed by atoms with Gasteiger partial charge in [-0.1, -0.05) is 49.6 Å². The Kier molecular flexibility index (Phi) is 18.9. The predicted molar refractivity (Wildman–Crippen MR) is 322 cm³/mol. The molecule has 2 N–H and O–H groups in total. The Morgan fingerprint density at radius 2 is 1.02 bits per heavy atom. The molecule has 8 fully saturated rings. The van der Waals surface area contributed by atoms with E-state index in [2.05, 4.69) is 107 Å². The highest BCUT2D eigenvalue weighted by atomic mass is 16.5. The zero-order chi connectivity index (χ0) is 54.7. The number of urea groups is 1. The van der Waals surface area contributed by atoms with Crippen molar-refractivity contribution >= 4 is 35.2 Å². The SMILES string of the molecule is O=C(NC1CCC(CCN2CCN(c3cc(-c4ccccc4)cc(N4CCOC(c5ccc(-c6cc(N7CCOCC7)nc(N7CCN(CCC8CCC(NC(=O)N9CCCCC9)CC8)CC7)c6)o5)C4)n3)CC2)CC1)C1CCCCC1. The standard InChI is InChI=1S/C65H93N11O5/c77-64(52-12-6-2-7-13-52)66-55-18-14-49(15-19-55)24-28-70-30-34-72(35-31-70)60-44-53(51-10-4-1-5-11-51)45-63(69-60)76-40-43-80-59(48-76)58-23-22-57(81-58)54-46-61(68-62(47-54)74-38-41-79-42-39-74)73-36-32-71(33-37-73)29-25-50-16-20-56(21-17-50)67-65(78)75-26-8-3-9-27-75/h1,4-5,10-11,22-23,44-47,49-50,52,55-56,59H,2-3,6-9,12-21,24-43,48H2,(H,66,77)(H,67,78). The molecule has 0 radical (unpaired) electrons. The van der Waals surface area contributed by atoms with Crippen LogP contribution >= 0.6 is 0 Å². The van der Waals surface area contributed by atoms with Crippen molar-refractivity contribution in [3.05, 3.63) is 72.5 Å². The van der Waals surface area contributed by atoms with Crippen LogP contribution < -0.4 is 30.2 Å². The Bertz CT molecular complexity index is 2620. The van der Waals surface area contributed by atoms with Crippen molar-refractivity contribution in [1.29, 1.82) is 0 Å². The van der Waals surface area contributed by atoms with Gasteiger partial charge in [0.15, 0.2) is 0 Å². The third-order valence-corrected chi connectivity index (χ3v) is 19.7. The monoisotopic (exact) mass is 1110 g/mol. The fraction of sp³-hybridized carbons (Fsp3) is 0.662. The molecule has 81 heavy (non-hydrogen) atoms. The smallest absolute Gasteiger partial charge is 0.317 e. The molecule has 0 bridgehead atoms. The minimum atomic E-state index is -0.245. The maximum atomic E-state index is 12.9. The molecule has 8 heterocycles. The van der Waals surface area contributed by atoms with Crippen molar-refractivity contribution in [3.63, 3.8) is 0 Å². The number of piperidine rings is 1. The van der Waals surface area contributed by atoms with E-state index in [4.69, 9.17) is 23.9 Å². The zero-order valence-corrected chi connectivity index (χ0v) is 48.5. The van der Waals surface area contributed by atoms with E-state index in [1.807, 2.05) is 4.90 Å². The number of carbonyl (C=O) groups is 2. The number of amides is 3. The van der Waals surface area contributed by atoms with E-state index >= 15 is 0 Å². The number of nitrogens with one attached hydrogen (secondary N) is 2. The van der Waals surface area contributed by atoms with Gasteiger partial charge in [-0.15, -0.1) is 0 Å². The quantitative estimate of drug-likeness (QED) is 0.110. The predicted octanol–water partition coefficient (Wildman–Crippen LogP) is 9.85. The van der Waals surface area contributed by atoms with Crippen LogP contribution in [0.1, 0.15) is 127 Å². The number of furan rings is 1. The molecule has 3 aliphatic carbocycles. The summed E-state index contributed by atoms with van der Waals surface area (Å²) in [4.78, 5) is 53.5. The number of nitrogens with zero attached hydrogens (tertiary/aromatic N) is 9. The van der Waals surface area contributed by atoms with Gasteiger partial charge in [0.2, 0.25) is 5.91 Å². The van der Waals surface area contributed by atoms with Gasteiger partial charge in [0.1, 0.15) is 40.9 Å². The van der Waals surface area contributed by atoms with Gasteiger partial charge in [0, 0.05) is 109 Å². The van der Waals surface area contributed by atoms with E-state index in [9.17, 15) is 9.59 Å². The second kappa shape index (κ2) is 27.3. The first-order valence-corrected chi connectivity index (χ1v) is 32.1. The molecule has 438 valence electrons. The zero-order valence-electron chi connectivity index (χ0n) is 48.5. The average molecular weight is 1110 g/mol. The molecule has 3 saturated carbocycles. The Labute approximate surface area is 482 Å². The van der Waals surface area contributed by atoms with Crippen LogP contribution in [0.25, 0.3) is 22.5 Å². The van der Waals surface area contributed by atoms with Crippen molar-refractivity contribution in [3.8, 4) is 22.5 Å². The summed E-state index contributed by atoms with van der Waals surface area (Å²) in [5, 5.41) is 6.80. The van der Waals surface area contributed by atoms with Crippen molar-refractivity contribution in [2.75, 3.05) is 144 Å². The number of ether oxygens (including phenoxy) is 2. The van der Waals surface area contributed by atoms with E-state index in [0.29, 0.717) is 44.4 Å². The van der Waals surface area contributed by atoms with E-state index in [1.165, 1.54) is 75.3 Å². The molecule has 16 nitrogen and oxygen atoms in total. The van der Waals surface area contributed by atoms with E-state index < -0.39 is 0 Å². The number of likely N-dealkylation sites (tertiary alicyclic amines) is 1. The lowest BCUT2D eigenvalue weighted by Gasteiger charge is -2.38. The number of hydrogen-bond donors (Lipinski definition) is 2. The Hall–Kier alpha value is -5.42. The van der Waals surface area contributed by atoms with E-state index in [0.717, 1.165) is 202 Å². The highest BCUT2D eigenvalue weighted by molar-refractivity contribution is 5.79. The lowest BCUT2D eigenvalue weighted by atomic mass is 9.83. The molecular weight excluding hydrogens is 1010 g/mol. The Balaban J connectivity index is 0.652. The average Bonchev–Trinajstić information content (AvgIpc) is 4.07. The molecule has 1 aromatic carbocycles. The fourth-order valence-electron chi connectivity index (χ4n) is 14.5. The van der Waals surface area contributed by atoms with Gasteiger partial charge in [-0.3, -0.25) is 14.6 Å². The fourth-order valence-corrected chi connectivity index (χ4v) is 14.5. The maximum Gasteiger partial charge on any atom is 0.317 e. The second-order valence-corrected chi connectivity index (χ2v) is 25.1. The van der Waals surface area contributed by atoms with Crippen LogP contribution in [0.5, 0.6) is 0 Å². The first kappa shape index (κ1) is 56.1. The highest BCUT2D eigenvalue weighted by Gasteiger charge is 2.32.